The second-order valence-electron chi connectivity index (χ2n) is 5.67. The van der Waals surface area contributed by atoms with Crippen LogP contribution in [0.1, 0.15) is 19.5 Å². The van der Waals surface area contributed by atoms with Crippen LogP contribution in [0.15, 0.2) is 35.1 Å². The lowest BCUT2D eigenvalue weighted by molar-refractivity contribution is -0.122. The van der Waals surface area contributed by atoms with Gasteiger partial charge in [-0.1, -0.05) is 12.1 Å². The normalized spacial score (nSPS) is 11.5. The lowest BCUT2D eigenvalue weighted by Gasteiger charge is -2.12. The summed E-state index contributed by atoms with van der Waals surface area (Å²) in [6, 6.07) is 9.20. The summed E-state index contributed by atoms with van der Waals surface area (Å²) in [6.45, 7) is 5.86. The maximum absolute atomic E-state index is 12.2. The summed E-state index contributed by atoms with van der Waals surface area (Å²) < 4.78 is 3.68. The highest BCUT2D eigenvalue weighted by Crippen LogP contribution is 2.21. The molecule has 0 unspecified atom stereocenters. The van der Waals surface area contributed by atoms with Gasteiger partial charge in [0, 0.05) is 23.2 Å². The van der Waals surface area contributed by atoms with Crippen molar-refractivity contribution in [2.75, 3.05) is 0 Å². The summed E-state index contributed by atoms with van der Waals surface area (Å²) in [5.41, 5.74) is 1.94. The molecule has 1 aromatic carbocycles. The van der Waals surface area contributed by atoms with Crippen molar-refractivity contribution >= 4 is 22.5 Å². The van der Waals surface area contributed by atoms with E-state index in [2.05, 4.69) is 10.3 Å². The van der Waals surface area contributed by atoms with E-state index in [9.17, 15) is 9.59 Å². The number of hydrogen-bond donors (Lipinski definition) is 1. The number of benzene rings is 1. The number of aryl methyl sites for hydroxylation is 1. The first-order valence-electron chi connectivity index (χ1n) is 7.24. The molecular formula is C16H18N4O2. The first-order valence-corrected chi connectivity index (χ1v) is 7.24. The van der Waals surface area contributed by atoms with E-state index in [0.29, 0.717) is 5.65 Å². The van der Waals surface area contributed by atoms with Gasteiger partial charge in [-0.25, -0.2) is 4.52 Å². The summed E-state index contributed by atoms with van der Waals surface area (Å²) >= 11 is 0. The van der Waals surface area contributed by atoms with Crippen LogP contribution >= 0.6 is 0 Å². The Morgan fingerprint density at radius 3 is 2.77 bits per heavy atom. The molecule has 1 amide bonds. The quantitative estimate of drug-likeness (QED) is 0.796. The molecular weight excluding hydrogens is 280 g/mol. The lowest BCUT2D eigenvalue weighted by Crippen LogP contribution is -2.34. The van der Waals surface area contributed by atoms with Gasteiger partial charge in [0.15, 0.2) is 5.65 Å². The Balaban J connectivity index is 2.26. The van der Waals surface area contributed by atoms with Gasteiger partial charge in [-0.05, 0) is 32.9 Å². The van der Waals surface area contributed by atoms with Gasteiger partial charge < -0.3 is 5.32 Å². The second-order valence-corrected chi connectivity index (χ2v) is 5.67. The van der Waals surface area contributed by atoms with Crippen LogP contribution in [0.2, 0.25) is 0 Å². The molecule has 3 rings (SSSR count). The van der Waals surface area contributed by atoms with Crippen molar-refractivity contribution < 1.29 is 4.79 Å². The van der Waals surface area contributed by atoms with Crippen molar-refractivity contribution in [3.63, 3.8) is 0 Å². The van der Waals surface area contributed by atoms with Crippen molar-refractivity contribution in [1.29, 1.82) is 0 Å². The van der Waals surface area contributed by atoms with Crippen LogP contribution in [0.3, 0.4) is 0 Å². The fraction of sp³-hybridized carbons (Fsp3) is 0.312. The van der Waals surface area contributed by atoms with Gasteiger partial charge in [0.1, 0.15) is 6.54 Å². The highest BCUT2D eigenvalue weighted by Gasteiger charge is 2.15. The third-order valence-electron chi connectivity index (χ3n) is 3.49. The second kappa shape index (κ2) is 5.29. The van der Waals surface area contributed by atoms with E-state index in [1.165, 1.54) is 6.07 Å². The number of carbonyl (C=O) groups excluding carboxylic acids is 1. The zero-order valence-corrected chi connectivity index (χ0v) is 12.8. The Morgan fingerprint density at radius 1 is 1.32 bits per heavy atom. The minimum Gasteiger partial charge on any atom is -0.352 e. The maximum atomic E-state index is 12.2. The fourth-order valence-electron chi connectivity index (χ4n) is 2.73. The topological polar surface area (TPSA) is 68.4 Å². The Kier molecular flexibility index (Phi) is 3.44. The van der Waals surface area contributed by atoms with Gasteiger partial charge in [0.05, 0.1) is 5.52 Å². The molecule has 6 nitrogen and oxygen atoms in total. The standard InChI is InChI=1S/C16H18N4O2/c1-10(2)17-15(22)9-19-13-7-5-4-6-12(13)16-18-14(21)8-11(3)20(16)19/h4-8,10H,9H2,1-3H3,(H,17,22). The van der Waals surface area contributed by atoms with Crippen LogP contribution in [0, 0.1) is 6.92 Å². The lowest BCUT2D eigenvalue weighted by atomic mass is 10.2. The molecule has 2 aromatic heterocycles. The molecule has 0 saturated carbocycles. The van der Waals surface area contributed by atoms with Crippen molar-refractivity contribution in [3.8, 4) is 0 Å². The van der Waals surface area contributed by atoms with E-state index in [1.54, 1.807) is 0 Å². The molecule has 1 N–H and O–H groups in total. The Morgan fingerprint density at radius 2 is 2.05 bits per heavy atom. The van der Waals surface area contributed by atoms with E-state index in [-0.39, 0.29) is 24.1 Å². The maximum Gasteiger partial charge on any atom is 0.273 e. The van der Waals surface area contributed by atoms with Crippen LogP contribution in [0.4, 0.5) is 0 Å². The molecule has 3 aromatic rings. The fourth-order valence-corrected chi connectivity index (χ4v) is 2.73. The van der Waals surface area contributed by atoms with Gasteiger partial charge in [-0.3, -0.25) is 14.3 Å². The van der Waals surface area contributed by atoms with E-state index >= 15 is 0 Å². The van der Waals surface area contributed by atoms with E-state index in [1.807, 2.05) is 54.2 Å². The molecule has 0 radical (unpaired) electrons. The molecule has 6 heteroatoms. The largest absolute Gasteiger partial charge is 0.352 e. The van der Waals surface area contributed by atoms with Crippen LogP contribution in [0.5, 0.6) is 0 Å². The van der Waals surface area contributed by atoms with Crippen molar-refractivity contribution in [1.82, 2.24) is 19.5 Å². The average molecular weight is 298 g/mol. The Bertz CT molecular complexity index is 921. The Labute approximate surface area is 127 Å². The number of carbonyl (C=O) groups is 1. The molecule has 2 heterocycles. The predicted octanol–water partition coefficient (Wildman–Crippen LogP) is 1.48. The molecule has 0 fully saturated rings. The summed E-state index contributed by atoms with van der Waals surface area (Å²) in [5, 5.41) is 3.75. The van der Waals surface area contributed by atoms with E-state index in [4.69, 9.17) is 0 Å². The number of rotatable bonds is 3. The molecule has 0 bridgehead atoms. The number of hydrogen-bond acceptors (Lipinski definition) is 3. The molecule has 22 heavy (non-hydrogen) atoms. The highest BCUT2D eigenvalue weighted by atomic mass is 16.2. The molecule has 0 aliphatic heterocycles. The molecule has 0 saturated heterocycles. The van der Waals surface area contributed by atoms with Gasteiger partial charge >= 0.3 is 0 Å². The monoisotopic (exact) mass is 298 g/mol. The van der Waals surface area contributed by atoms with Gasteiger partial charge in [-0.2, -0.15) is 4.98 Å². The zero-order chi connectivity index (χ0) is 15.9. The minimum atomic E-state index is -0.271. The number of nitrogens with zero attached hydrogens (tertiary/aromatic N) is 3. The Hall–Kier alpha value is -2.63. The average Bonchev–Trinajstić information content (AvgIpc) is 2.73. The van der Waals surface area contributed by atoms with E-state index < -0.39 is 0 Å². The summed E-state index contributed by atoms with van der Waals surface area (Å²) in [5.74, 6) is -0.0734. The minimum absolute atomic E-state index is 0.0734. The molecule has 0 aliphatic carbocycles. The van der Waals surface area contributed by atoms with Gasteiger partial charge in [0.2, 0.25) is 5.91 Å². The van der Waals surface area contributed by atoms with Gasteiger partial charge in [-0.15, -0.1) is 0 Å². The smallest absolute Gasteiger partial charge is 0.273 e. The molecule has 0 spiro atoms. The molecule has 0 atom stereocenters. The predicted molar refractivity (Wildman–Crippen MR) is 85.0 cm³/mol. The number of para-hydroxylation sites is 1. The number of nitrogens with one attached hydrogen (secondary N) is 1. The third kappa shape index (κ3) is 2.36. The molecule has 114 valence electrons. The summed E-state index contributed by atoms with van der Waals surface area (Å²) in [4.78, 5) is 28.0. The number of fused-ring (bicyclic) bond motifs is 3. The number of aromatic nitrogens is 3. The number of amides is 1. The van der Waals surface area contributed by atoms with Crippen LogP contribution in [-0.2, 0) is 11.3 Å². The van der Waals surface area contributed by atoms with Crippen LogP contribution < -0.4 is 10.9 Å². The van der Waals surface area contributed by atoms with Crippen molar-refractivity contribution in [2.45, 2.75) is 33.4 Å². The highest BCUT2D eigenvalue weighted by molar-refractivity contribution is 5.93. The summed E-state index contributed by atoms with van der Waals surface area (Å²) in [7, 11) is 0. The summed E-state index contributed by atoms with van der Waals surface area (Å²) in [6.07, 6.45) is 0. The molecule has 0 aliphatic rings. The zero-order valence-electron chi connectivity index (χ0n) is 12.8. The first-order chi connectivity index (χ1) is 10.5. The van der Waals surface area contributed by atoms with Gasteiger partial charge in [0.25, 0.3) is 5.56 Å². The first kappa shape index (κ1) is 14.3. The SMILES string of the molecule is Cc1cc(=O)nc2c3ccccc3n(CC(=O)NC(C)C)n12. The van der Waals surface area contributed by atoms with Crippen molar-refractivity contribution in [3.05, 3.63) is 46.4 Å². The van der Waals surface area contributed by atoms with Crippen molar-refractivity contribution in [2.24, 2.45) is 0 Å². The van der Waals surface area contributed by atoms with Crippen LogP contribution in [0.25, 0.3) is 16.6 Å². The third-order valence-corrected chi connectivity index (χ3v) is 3.49. The van der Waals surface area contributed by atoms with Crippen LogP contribution in [-0.4, -0.2) is 26.1 Å². The van der Waals surface area contributed by atoms with E-state index in [0.717, 1.165) is 16.6 Å².